The first-order valence-corrected chi connectivity index (χ1v) is 7.59. The molecule has 0 N–H and O–H groups in total. The van der Waals surface area contributed by atoms with Crippen LogP contribution in [0.3, 0.4) is 0 Å². The van der Waals surface area contributed by atoms with Crippen LogP contribution in [0.15, 0.2) is 30.3 Å². The number of hydrogen-bond acceptors (Lipinski definition) is 1. The monoisotopic (exact) mass is 243 g/mol. The Morgan fingerprint density at radius 3 is 2.39 bits per heavy atom. The largest absolute Gasteiger partial charge is 0.303 e. The van der Waals surface area contributed by atoms with Gasteiger partial charge in [0.25, 0.3) is 0 Å². The van der Waals surface area contributed by atoms with Crippen molar-refractivity contribution < 1.29 is 0 Å². The van der Waals surface area contributed by atoms with Crippen molar-refractivity contribution >= 4 is 0 Å². The lowest BCUT2D eigenvalue weighted by atomic mass is 9.69. The number of piperidine rings is 1. The van der Waals surface area contributed by atoms with Crippen molar-refractivity contribution in [2.45, 2.75) is 56.4 Å². The molecule has 0 aromatic heterocycles. The number of likely N-dealkylation sites (N-methyl/N-ethyl adjacent to an activating group) is 1. The first-order valence-electron chi connectivity index (χ1n) is 7.59. The van der Waals surface area contributed by atoms with Gasteiger partial charge in [-0.05, 0) is 44.8 Å². The van der Waals surface area contributed by atoms with Crippen molar-refractivity contribution in [3.05, 3.63) is 35.9 Å². The molecule has 0 bridgehead atoms. The minimum Gasteiger partial charge on any atom is -0.303 e. The van der Waals surface area contributed by atoms with Gasteiger partial charge in [-0.2, -0.15) is 0 Å². The second-order valence-electron chi connectivity index (χ2n) is 6.22. The minimum atomic E-state index is 0.455. The summed E-state index contributed by atoms with van der Waals surface area (Å²) in [6.07, 6.45) is 9.82. The fourth-order valence-electron chi connectivity index (χ4n) is 4.36. The summed E-state index contributed by atoms with van der Waals surface area (Å²) in [4.78, 5) is 2.64. The quantitative estimate of drug-likeness (QED) is 0.759. The molecule has 1 atom stereocenters. The Bertz CT molecular complexity index is 378. The van der Waals surface area contributed by atoms with Crippen LogP contribution in [0.4, 0.5) is 0 Å². The maximum Gasteiger partial charge on any atom is 0.0189 e. The summed E-state index contributed by atoms with van der Waals surface area (Å²) in [6.45, 7) is 1.29. The molecule has 1 heterocycles. The van der Waals surface area contributed by atoms with Crippen LogP contribution in [-0.4, -0.2) is 24.5 Å². The van der Waals surface area contributed by atoms with Gasteiger partial charge in [-0.1, -0.05) is 49.6 Å². The molecule has 0 radical (unpaired) electrons. The van der Waals surface area contributed by atoms with Gasteiger partial charge in [0.1, 0.15) is 0 Å². The van der Waals surface area contributed by atoms with Crippen LogP contribution in [0, 0.1) is 0 Å². The number of nitrogens with zero attached hydrogens (tertiary/aromatic N) is 1. The molecular formula is C17H25N. The Morgan fingerprint density at radius 2 is 1.72 bits per heavy atom. The molecule has 1 aromatic rings. The van der Waals surface area contributed by atoms with Gasteiger partial charge in [-0.15, -0.1) is 0 Å². The van der Waals surface area contributed by atoms with Crippen molar-refractivity contribution in [3.63, 3.8) is 0 Å². The molecule has 3 rings (SSSR count). The standard InChI is InChI=1S/C17H25N/c1-18-14-8-5-11-16(18)17(12-6-7-13-17)15-9-3-2-4-10-15/h2-4,9-10,16H,5-8,11-14H2,1H3/t16-/m0/s1. The third kappa shape index (κ3) is 1.99. The predicted octanol–water partition coefficient (Wildman–Crippen LogP) is 3.98. The lowest BCUT2D eigenvalue weighted by Gasteiger charge is -2.46. The Hall–Kier alpha value is -0.820. The highest BCUT2D eigenvalue weighted by Crippen LogP contribution is 2.47. The van der Waals surface area contributed by atoms with Gasteiger partial charge < -0.3 is 4.90 Å². The Balaban J connectivity index is 1.96. The highest BCUT2D eigenvalue weighted by molar-refractivity contribution is 5.29. The molecule has 2 aliphatic rings. The van der Waals surface area contributed by atoms with E-state index in [0.717, 1.165) is 6.04 Å². The SMILES string of the molecule is CN1CCCC[C@H]1C1(c2ccccc2)CCCC1. The van der Waals surface area contributed by atoms with Crippen molar-refractivity contribution in [1.82, 2.24) is 4.90 Å². The van der Waals surface area contributed by atoms with E-state index < -0.39 is 0 Å². The molecule has 0 spiro atoms. The summed E-state index contributed by atoms with van der Waals surface area (Å²) in [5.74, 6) is 0. The fraction of sp³-hybridized carbons (Fsp3) is 0.647. The maximum atomic E-state index is 2.64. The lowest BCUT2D eigenvalue weighted by molar-refractivity contribution is 0.105. The van der Waals surface area contributed by atoms with Gasteiger partial charge in [0.2, 0.25) is 0 Å². The minimum absolute atomic E-state index is 0.455. The van der Waals surface area contributed by atoms with Gasteiger partial charge in [0.05, 0.1) is 0 Å². The van der Waals surface area contributed by atoms with E-state index in [-0.39, 0.29) is 0 Å². The number of hydrogen-bond donors (Lipinski definition) is 0. The average Bonchev–Trinajstić information content (AvgIpc) is 2.91. The molecule has 0 unspecified atom stereocenters. The molecule has 1 aliphatic heterocycles. The van der Waals surface area contributed by atoms with E-state index in [0.29, 0.717) is 5.41 Å². The van der Waals surface area contributed by atoms with Crippen LogP contribution >= 0.6 is 0 Å². The van der Waals surface area contributed by atoms with E-state index in [9.17, 15) is 0 Å². The van der Waals surface area contributed by atoms with E-state index in [4.69, 9.17) is 0 Å². The maximum absolute atomic E-state index is 2.64. The highest BCUT2D eigenvalue weighted by Gasteiger charge is 2.44. The van der Waals surface area contributed by atoms with Gasteiger partial charge in [0.15, 0.2) is 0 Å². The van der Waals surface area contributed by atoms with Gasteiger partial charge >= 0.3 is 0 Å². The summed E-state index contributed by atoms with van der Waals surface area (Å²) in [6, 6.07) is 12.1. The van der Waals surface area contributed by atoms with Crippen LogP contribution in [0.2, 0.25) is 0 Å². The molecule has 1 nitrogen and oxygen atoms in total. The third-order valence-electron chi connectivity index (χ3n) is 5.25. The molecule has 1 saturated heterocycles. The van der Waals surface area contributed by atoms with Crippen LogP contribution in [0.1, 0.15) is 50.5 Å². The first-order chi connectivity index (χ1) is 8.83. The molecule has 98 valence electrons. The molecular weight excluding hydrogens is 218 g/mol. The second-order valence-corrected chi connectivity index (χ2v) is 6.22. The topological polar surface area (TPSA) is 3.24 Å². The zero-order valence-electron chi connectivity index (χ0n) is 11.6. The van der Waals surface area contributed by atoms with Crippen molar-refractivity contribution in [1.29, 1.82) is 0 Å². The van der Waals surface area contributed by atoms with Crippen molar-refractivity contribution in [2.24, 2.45) is 0 Å². The molecule has 1 saturated carbocycles. The van der Waals surface area contributed by atoms with Gasteiger partial charge in [0, 0.05) is 11.5 Å². The summed E-state index contributed by atoms with van der Waals surface area (Å²) in [5, 5.41) is 0. The molecule has 1 aromatic carbocycles. The summed E-state index contributed by atoms with van der Waals surface area (Å²) < 4.78 is 0. The summed E-state index contributed by atoms with van der Waals surface area (Å²) in [7, 11) is 2.34. The first kappa shape index (κ1) is 12.2. The van der Waals surface area contributed by atoms with Crippen molar-refractivity contribution in [3.8, 4) is 0 Å². The lowest BCUT2D eigenvalue weighted by Crippen LogP contribution is -2.50. The Morgan fingerprint density at radius 1 is 1.00 bits per heavy atom. The number of likely N-dealkylation sites (tertiary alicyclic amines) is 1. The number of rotatable bonds is 2. The molecule has 0 amide bonds. The van der Waals surface area contributed by atoms with E-state index in [1.54, 1.807) is 5.56 Å². The zero-order valence-corrected chi connectivity index (χ0v) is 11.6. The smallest absolute Gasteiger partial charge is 0.0189 e. The van der Waals surface area contributed by atoms with Crippen LogP contribution in [-0.2, 0) is 5.41 Å². The van der Waals surface area contributed by atoms with E-state index in [1.165, 1.54) is 51.5 Å². The average molecular weight is 243 g/mol. The van der Waals surface area contributed by atoms with E-state index in [2.05, 4.69) is 42.3 Å². The predicted molar refractivity (Wildman–Crippen MR) is 76.9 cm³/mol. The zero-order chi connectivity index (χ0) is 12.4. The Labute approximate surface area is 111 Å². The third-order valence-corrected chi connectivity index (χ3v) is 5.25. The molecule has 1 aliphatic carbocycles. The summed E-state index contributed by atoms with van der Waals surface area (Å²) >= 11 is 0. The van der Waals surface area contributed by atoms with E-state index >= 15 is 0 Å². The van der Waals surface area contributed by atoms with Crippen LogP contribution in [0.5, 0.6) is 0 Å². The molecule has 1 heteroatoms. The normalized spacial score (nSPS) is 28.4. The summed E-state index contributed by atoms with van der Waals surface area (Å²) in [5.41, 5.74) is 2.05. The van der Waals surface area contributed by atoms with E-state index in [1.807, 2.05) is 0 Å². The Kier molecular flexibility index (Phi) is 3.43. The van der Waals surface area contributed by atoms with Gasteiger partial charge in [-0.25, -0.2) is 0 Å². The molecule has 2 fully saturated rings. The highest BCUT2D eigenvalue weighted by atomic mass is 15.1. The number of benzene rings is 1. The van der Waals surface area contributed by atoms with Crippen molar-refractivity contribution in [2.75, 3.05) is 13.6 Å². The second kappa shape index (κ2) is 5.05. The molecule has 18 heavy (non-hydrogen) atoms. The fourth-order valence-corrected chi connectivity index (χ4v) is 4.36. The van der Waals surface area contributed by atoms with Gasteiger partial charge in [-0.3, -0.25) is 0 Å². The van der Waals surface area contributed by atoms with Crippen LogP contribution < -0.4 is 0 Å². The van der Waals surface area contributed by atoms with Crippen LogP contribution in [0.25, 0.3) is 0 Å².